The van der Waals surface area contributed by atoms with Crippen molar-refractivity contribution in [3.05, 3.63) is 125 Å². The van der Waals surface area contributed by atoms with Crippen LogP contribution in [0.25, 0.3) is 0 Å². The number of anilines is 1. The van der Waals surface area contributed by atoms with Gasteiger partial charge >= 0.3 is 5.69 Å². The molecule has 1 radical (unpaired) electrons. The SMILES string of the molecule is COc1ccc(C(OC[C@H]2[CH]C[C@H](n3ccc(NC(C)=O)nc3=O)O2)(c2ccccc2)c2ccc(OC)cc2)cc1. The quantitative estimate of drug-likeness (QED) is 0.283. The highest BCUT2D eigenvalue weighted by Gasteiger charge is 2.40. The van der Waals surface area contributed by atoms with Crippen LogP contribution >= 0.6 is 0 Å². The lowest BCUT2D eigenvalue weighted by Crippen LogP contribution is -2.36. The minimum Gasteiger partial charge on any atom is -0.497 e. The number of carbonyl (C=O) groups is 1. The molecule has 1 amide bonds. The molecule has 0 unspecified atom stereocenters. The first kappa shape index (κ1) is 28.1. The van der Waals surface area contributed by atoms with Crippen LogP contribution in [0.5, 0.6) is 11.5 Å². The fourth-order valence-electron chi connectivity index (χ4n) is 5.03. The van der Waals surface area contributed by atoms with Gasteiger partial charge in [0.2, 0.25) is 5.91 Å². The molecule has 5 rings (SSSR count). The molecule has 0 saturated carbocycles. The van der Waals surface area contributed by atoms with Crippen molar-refractivity contribution in [2.75, 3.05) is 26.1 Å². The van der Waals surface area contributed by atoms with Crippen molar-refractivity contribution < 1.29 is 23.7 Å². The maximum absolute atomic E-state index is 12.6. The van der Waals surface area contributed by atoms with E-state index in [1.165, 1.54) is 11.5 Å². The van der Waals surface area contributed by atoms with E-state index in [1.54, 1.807) is 26.5 Å². The number of hydrogen-bond acceptors (Lipinski definition) is 7. The molecule has 1 fully saturated rings. The van der Waals surface area contributed by atoms with Crippen LogP contribution in [0.1, 0.15) is 36.3 Å². The first-order chi connectivity index (χ1) is 19.9. The van der Waals surface area contributed by atoms with Crippen molar-refractivity contribution in [3.8, 4) is 11.5 Å². The van der Waals surface area contributed by atoms with Gasteiger partial charge in [-0.3, -0.25) is 9.36 Å². The van der Waals surface area contributed by atoms with E-state index in [-0.39, 0.29) is 24.4 Å². The van der Waals surface area contributed by atoms with Gasteiger partial charge in [0.05, 0.1) is 26.9 Å². The van der Waals surface area contributed by atoms with Gasteiger partial charge in [-0.2, -0.15) is 4.98 Å². The summed E-state index contributed by atoms with van der Waals surface area (Å²) in [4.78, 5) is 27.9. The lowest BCUT2D eigenvalue weighted by atomic mass is 9.80. The Hall–Kier alpha value is -4.47. The van der Waals surface area contributed by atoms with Gasteiger partial charge in [-0.15, -0.1) is 0 Å². The Bertz CT molecular complexity index is 1470. The number of hydrogen-bond donors (Lipinski definition) is 1. The van der Waals surface area contributed by atoms with Crippen LogP contribution < -0.4 is 20.5 Å². The predicted molar refractivity (Wildman–Crippen MR) is 154 cm³/mol. The number of aromatic nitrogens is 2. The highest BCUT2D eigenvalue weighted by molar-refractivity contribution is 5.87. The van der Waals surface area contributed by atoms with E-state index in [0.29, 0.717) is 6.42 Å². The number of carbonyl (C=O) groups excluding carboxylic acids is 1. The zero-order valence-corrected chi connectivity index (χ0v) is 23.2. The number of ether oxygens (including phenoxy) is 4. The van der Waals surface area contributed by atoms with Crippen molar-refractivity contribution in [1.29, 1.82) is 0 Å². The summed E-state index contributed by atoms with van der Waals surface area (Å²) < 4.78 is 25.4. The summed E-state index contributed by atoms with van der Waals surface area (Å²) in [6.07, 6.45) is 3.14. The standard InChI is InChI=1S/C32H32N3O6/c1-22(36)33-29-19-20-35(31(37)34-29)30-18-17-28(41-30)21-40-32(23-7-5-4-6-8-23,24-9-13-26(38-2)14-10-24)25-11-15-27(39-3)16-12-25/h4-17,19-20,28,30H,18,21H2,1-3H3,(H,33,34,36,37)/t28-,30-/m1/s1. The number of methoxy groups -OCH3 is 2. The van der Waals surface area contributed by atoms with Crippen LogP contribution in [0.15, 0.2) is 95.9 Å². The number of amides is 1. The second kappa shape index (κ2) is 12.4. The molecule has 1 aromatic heterocycles. The van der Waals surface area contributed by atoms with Crippen LogP contribution in [0.4, 0.5) is 5.82 Å². The van der Waals surface area contributed by atoms with E-state index in [2.05, 4.69) is 10.3 Å². The van der Waals surface area contributed by atoms with E-state index in [4.69, 9.17) is 18.9 Å². The van der Waals surface area contributed by atoms with E-state index in [0.717, 1.165) is 28.2 Å². The van der Waals surface area contributed by atoms with Gasteiger partial charge in [0.15, 0.2) is 0 Å². The van der Waals surface area contributed by atoms with Gasteiger partial charge in [-0.25, -0.2) is 4.79 Å². The second-order valence-electron chi connectivity index (χ2n) is 9.60. The summed E-state index contributed by atoms with van der Waals surface area (Å²) in [5.41, 5.74) is 1.29. The number of nitrogens with one attached hydrogen (secondary N) is 1. The van der Waals surface area contributed by atoms with Crippen molar-refractivity contribution in [2.24, 2.45) is 0 Å². The monoisotopic (exact) mass is 554 g/mol. The van der Waals surface area contributed by atoms with E-state index in [9.17, 15) is 9.59 Å². The Labute approximate surface area is 238 Å². The molecule has 9 heteroatoms. The maximum atomic E-state index is 12.6. The molecule has 1 aliphatic rings. The van der Waals surface area contributed by atoms with Crippen molar-refractivity contribution in [2.45, 2.75) is 31.3 Å². The van der Waals surface area contributed by atoms with Crippen LogP contribution in [0, 0.1) is 6.42 Å². The summed E-state index contributed by atoms with van der Waals surface area (Å²) in [6.45, 7) is 1.58. The molecule has 9 nitrogen and oxygen atoms in total. The first-order valence-electron chi connectivity index (χ1n) is 13.3. The summed E-state index contributed by atoms with van der Waals surface area (Å²) in [5.74, 6) is 1.38. The normalized spacial score (nSPS) is 16.8. The largest absolute Gasteiger partial charge is 0.497 e. The minimum atomic E-state index is -0.979. The zero-order chi connectivity index (χ0) is 28.8. The Kier molecular flexibility index (Phi) is 8.47. The molecule has 1 saturated heterocycles. The third-order valence-corrected chi connectivity index (χ3v) is 7.01. The van der Waals surface area contributed by atoms with Crippen LogP contribution in [-0.4, -0.2) is 42.4 Å². The van der Waals surface area contributed by atoms with Gasteiger partial charge in [-0.05, 0) is 59.9 Å². The zero-order valence-electron chi connectivity index (χ0n) is 23.2. The van der Waals surface area contributed by atoms with Crippen LogP contribution in [0.3, 0.4) is 0 Å². The number of nitrogens with zero attached hydrogens (tertiary/aromatic N) is 2. The van der Waals surface area contributed by atoms with E-state index < -0.39 is 17.5 Å². The highest BCUT2D eigenvalue weighted by atomic mass is 16.6. The third-order valence-electron chi connectivity index (χ3n) is 7.01. The lowest BCUT2D eigenvalue weighted by molar-refractivity contribution is -0.114. The molecular formula is C32H32N3O6. The molecule has 0 bridgehead atoms. The van der Waals surface area contributed by atoms with Gasteiger partial charge in [0.25, 0.3) is 0 Å². The Morgan fingerprint density at radius 1 is 0.927 bits per heavy atom. The molecule has 0 spiro atoms. The molecule has 1 aliphatic heterocycles. The Morgan fingerprint density at radius 2 is 1.51 bits per heavy atom. The number of benzene rings is 3. The number of rotatable bonds is 10. The molecule has 3 aromatic carbocycles. The second-order valence-corrected chi connectivity index (χ2v) is 9.60. The Balaban J connectivity index is 1.46. The Morgan fingerprint density at radius 3 is 2.05 bits per heavy atom. The molecule has 4 aromatic rings. The minimum absolute atomic E-state index is 0.201. The van der Waals surface area contributed by atoms with Gasteiger partial charge in [-0.1, -0.05) is 54.6 Å². The van der Waals surface area contributed by atoms with E-state index in [1.807, 2.05) is 85.3 Å². The molecular weight excluding hydrogens is 522 g/mol. The molecule has 41 heavy (non-hydrogen) atoms. The average molecular weight is 555 g/mol. The van der Waals surface area contributed by atoms with Crippen molar-refractivity contribution >= 4 is 11.7 Å². The fourth-order valence-corrected chi connectivity index (χ4v) is 5.03. The first-order valence-corrected chi connectivity index (χ1v) is 13.3. The van der Waals surface area contributed by atoms with Gasteiger partial charge in [0, 0.05) is 13.1 Å². The maximum Gasteiger partial charge on any atom is 0.351 e. The van der Waals surface area contributed by atoms with Crippen LogP contribution in [0.2, 0.25) is 0 Å². The summed E-state index contributed by atoms with van der Waals surface area (Å²) in [6, 6.07) is 27.3. The molecule has 211 valence electrons. The summed E-state index contributed by atoms with van der Waals surface area (Å²) in [5, 5.41) is 2.52. The summed E-state index contributed by atoms with van der Waals surface area (Å²) >= 11 is 0. The molecule has 2 heterocycles. The fraction of sp³-hybridized carbons (Fsp3) is 0.250. The smallest absolute Gasteiger partial charge is 0.351 e. The lowest BCUT2D eigenvalue weighted by Gasteiger charge is -2.37. The average Bonchev–Trinajstić information content (AvgIpc) is 3.47. The van der Waals surface area contributed by atoms with Gasteiger partial charge < -0.3 is 24.3 Å². The topological polar surface area (TPSA) is 101 Å². The molecule has 1 N–H and O–H groups in total. The third kappa shape index (κ3) is 6.01. The highest BCUT2D eigenvalue weighted by Crippen LogP contribution is 2.42. The summed E-state index contributed by atoms with van der Waals surface area (Å²) in [7, 11) is 3.27. The van der Waals surface area contributed by atoms with Crippen molar-refractivity contribution in [3.63, 3.8) is 0 Å². The van der Waals surface area contributed by atoms with Crippen LogP contribution in [-0.2, 0) is 19.9 Å². The van der Waals surface area contributed by atoms with Gasteiger partial charge in [0.1, 0.15) is 29.1 Å². The van der Waals surface area contributed by atoms with Crippen molar-refractivity contribution in [1.82, 2.24) is 9.55 Å². The predicted octanol–water partition coefficient (Wildman–Crippen LogP) is 4.72. The molecule has 0 aliphatic carbocycles. The van der Waals surface area contributed by atoms with E-state index >= 15 is 0 Å². The molecule has 2 atom stereocenters.